The van der Waals surface area contributed by atoms with Gasteiger partial charge in [0.15, 0.2) is 18.2 Å². The lowest BCUT2D eigenvalue weighted by Crippen LogP contribution is -2.35. The summed E-state index contributed by atoms with van der Waals surface area (Å²) < 4.78 is 45.3. The van der Waals surface area contributed by atoms with Crippen molar-refractivity contribution in [2.24, 2.45) is 0 Å². The molecule has 1 aromatic heterocycles. The number of anilines is 6. The molecule has 166 valence electrons. The first-order valence-corrected chi connectivity index (χ1v) is 11.3. The van der Waals surface area contributed by atoms with Gasteiger partial charge >= 0.3 is 0 Å². The van der Waals surface area contributed by atoms with Gasteiger partial charge in [0.1, 0.15) is 5.75 Å². The molecule has 32 heavy (non-hydrogen) atoms. The molecule has 0 atom stereocenters. The van der Waals surface area contributed by atoms with Gasteiger partial charge in [-0.1, -0.05) is 12.1 Å². The number of carbonyl (C=O) groups is 1. The molecule has 1 aliphatic heterocycles. The second-order valence-electron chi connectivity index (χ2n) is 6.98. The van der Waals surface area contributed by atoms with Crippen molar-refractivity contribution in [3.8, 4) is 5.75 Å². The number of likely N-dealkylation sites (N-methyl/N-ethyl adjacent to an activating group) is 1. The Morgan fingerprint density at radius 3 is 2.62 bits per heavy atom. The minimum absolute atomic E-state index is 0.0258. The van der Waals surface area contributed by atoms with E-state index in [1.807, 2.05) is 0 Å². The fraction of sp³-hybridized carbons (Fsp3) is 0.150. The fourth-order valence-electron chi connectivity index (χ4n) is 3.00. The number of halogens is 1. The number of sulfonamides is 1. The van der Waals surface area contributed by atoms with E-state index in [4.69, 9.17) is 4.74 Å². The van der Waals surface area contributed by atoms with Crippen molar-refractivity contribution in [2.75, 3.05) is 40.2 Å². The fourth-order valence-corrected chi connectivity index (χ4v) is 3.58. The van der Waals surface area contributed by atoms with Crippen molar-refractivity contribution in [1.82, 2.24) is 9.97 Å². The predicted octanol–water partition coefficient (Wildman–Crippen LogP) is 2.83. The third-order valence-corrected chi connectivity index (χ3v) is 5.11. The summed E-state index contributed by atoms with van der Waals surface area (Å²) in [4.78, 5) is 21.4. The quantitative estimate of drug-likeness (QED) is 0.515. The van der Waals surface area contributed by atoms with Gasteiger partial charge in [-0.05, 0) is 30.3 Å². The zero-order valence-electron chi connectivity index (χ0n) is 17.1. The molecule has 0 spiro atoms. The highest BCUT2D eigenvalue weighted by atomic mass is 32.2. The third-order valence-electron chi connectivity index (χ3n) is 4.52. The Labute approximate surface area is 183 Å². The number of aromatic nitrogens is 2. The van der Waals surface area contributed by atoms with Crippen LogP contribution in [0.5, 0.6) is 5.75 Å². The van der Waals surface area contributed by atoms with Gasteiger partial charge in [0.05, 0.1) is 29.5 Å². The summed E-state index contributed by atoms with van der Waals surface area (Å²) in [5.41, 5.74) is 1.69. The average Bonchev–Trinajstić information content (AvgIpc) is 2.74. The molecule has 1 amide bonds. The second-order valence-corrected chi connectivity index (χ2v) is 8.73. The zero-order chi connectivity index (χ0) is 22.9. The van der Waals surface area contributed by atoms with E-state index in [0.29, 0.717) is 22.8 Å². The number of carbonyl (C=O) groups excluding carboxylic acids is 1. The van der Waals surface area contributed by atoms with Gasteiger partial charge in [0.25, 0.3) is 5.91 Å². The molecule has 3 aromatic rings. The minimum Gasteiger partial charge on any atom is -0.482 e. The van der Waals surface area contributed by atoms with Gasteiger partial charge in [-0.25, -0.2) is 17.8 Å². The number of benzene rings is 2. The van der Waals surface area contributed by atoms with Crippen LogP contribution >= 0.6 is 0 Å². The molecule has 3 N–H and O–H groups in total. The number of hydrogen-bond acceptors (Lipinski definition) is 8. The first-order valence-electron chi connectivity index (χ1n) is 9.36. The van der Waals surface area contributed by atoms with Crippen LogP contribution in [0, 0.1) is 5.82 Å². The molecule has 0 radical (unpaired) electrons. The van der Waals surface area contributed by atoms with Gasteiger partial charge in [0.2, 0.25) is 16.0 Å². The summed E-state index contributed by atoms with van der Waals surface area (Å²) in [5.74, 6) is -0.406. The van der Waals surface area contributed by atoms with E-state index in [1.54, 1.807) is 43.4 Å². The molecule has 4 rings (SSSR count). The number of nitrogens with zero attached hydrogens (tertiary/aromatic N) is 3. The van der Waals surface area contributed by atoms with Gasteiger partial charge < -0.3 is 20.3 Å². The van der Waals surface area contributed by atoms with Crippen LogP contribution < -0.4 is 25.0 Å². The Kier molecular flexibility index (Phi) is 5.53. The average molecular weight is 458 g/mol. The maximum Gasteiger partial charge on any atom is 0.264 e. The maximum atomic E-state index is 14.4. The lowest BCUT2D eigenvalue weighted by Gasteiger charge is -2.26. The van der Waals surface area contributed by atoms with Gasteiger partial charge in [-0.15, -0.1) is 0 Å². The predicted molar refractivity (Wildman–Crippen MR) is 119 cm³/mol. The molecule has 0 fully saturated rings. The molecule has 2 heterocycles. The Morgan fingerprint density at radius 1 is 1.12 bits per heavy atom. The van der Waals surface area contributed by atoms with E-state index < -0.39 is 15.8 Å². The van der Waals surface area contributed by atoms with Crippen LogP contribution in [-0.2, 0) is 14.8 Å². The SMILES string of the molecule is CN1C(=O)COc2ccc(Nc3ncc(F)c(Nc4ccccc4NS(C)(=O)=O)n3)cc21. The maximum absolute atomic E-state index is 14.4. The normalized spacial score (nSPS) is 13.2. The van der Waals surface area contributed by atoms with Crippen LogP contribution in [0.2, 0.25) is 0 Å². The van der Waals surface area contributed by atoms with E-state index >= 15 is 0 Å². The number of hydrogen-bond donors (Lipinski definition) is 3. The molecular formula is C20H19FN6O4S. The smallest absolute Gasteiger partial charge is 0.264 e. The first kappa shape index (κ1) is 21.3. The van der Waals surface area contributed by atoms with Gasteiger partial charge in [-0.3, -0.25) is 9.52 Å². The Hall–Kier alpha value is -3.93. The van der Waals surface area contributed by atoms with Crippen molar-refractivity contribution in [3.63, 3.8) is 0 Å². The molecule has 1 aliphatic rings. The highest BCUT2D eigenvalue weighted by Crippen LogP contribution is 2.34. The van der Waals surface area contributed by atoms with Crippen LogP contribution in [0.25, 0.3) is 0 Å². The molecule has 0 saturated carbocycles. The van der Waals surface area contributed by atoms with Crippen LogP contribution in [0.3, 0.4) is 0 Å². The second kappa shape index (κ2) is 8.30. The van der Waals surface area contributed by atoms with E-state index in [2.05, 4.69) is 25.3 Å². The molecule has 0 aliphatic carbocycles. The highest BCUT2D eigenvalue weighted by Gasteiger charge is 2.22. The number of rotatable bonds is 6. The highest BCUT2D eigenvalue weighted by molar-refractivity contribution is 7.92. The van der Waals surface area contributed by atoms with Crippen LogP contribution in [0.1, 0.15) is 0 Å². The number of nitrogens with one attached hydrogen (secondary N) is 3. The molecular weight excluding hydrogens is 439 g/mol. The minimum atomic E-state index is -3.53. The molecule has 12 heteroatoms. The van der Waals surface area contributed by atoms with Crippen LogP contribution in [0.4, 0.5) is 38.9 Å². The topological polar surface area (TPSA) is 126 Å². The zero-order valence-corrected chi connectivity index (χ0v) is 17.9. The standard InChI is InChI=1S/C20H19FN6O4S/c1-27-16-9-12(7-8-17(16)31-11-18(27)28)23-20-22-10-13(21)19(25-20)24-14-5-3-4-6-15(14)26-32(2,29)30/h3-10,26H,11H2,1-2H3,(H2,22,23,24,25). The van der Waals surface area contributed by atoms with Crippen molar-refractivity contribution in [2.45, 2.75) is 0 Å². The molecule has 0 bridgehead atoms. The summed E-state index contributed by atoms with van der Waals surface area (Å²) in [7, 11) is -1.89. The van der Waals surface area contributed by atoms with E-state index in [-0.39, 0.29) is 30.0 Å². The number of fused-ring (bicyclic) bond motifs is 1. The summed E-state index contributed by atoms with van der Waals surface area (Å²) in [6, 6.07) is 11.5. The van der Waals surface area contributed by atoms with Crippen molar-refractivity contribution in [1.29, 1.82) is 0 Å². The van der Waals surface area contributed by atoms with Crippen LogP contribution in [-0.4, -0.2) is 44.2 Å². The molecule has 0 unspecified atom stereocenters. The molecule has 10 nitrogen and oxygen atoms in total. The first-order chi connectivity index (χ1) is 15.2. The Morgan fingerprint density at radius 2 is 1.88 bits per heavy atom. The summed E-state index contributed by atoms with van der Waals surface area (Å²) in [6.45, 7) is -0.0258. The number of para-hydroxylation sites is 2. The lowest BCUT2D eigenvalue weighted by molar-refractivity contribution is -0.120. The van der Waals surface area contributed by atoms with E-state index in [9.17, 15) is 17.6 Å². The molecule has 2 aromatic carbocycles. The van der Waals surface area contributed by atoms with Gasteiger partial charge in [-0.2, -0.15) is 4.98 Å². The summed E-state index contributed by atoms with van der Waals surface area (Å²) in [6.07, 6.45) is 2.01. The summed E-state index contributed by atoms with van der Waals surface area (Å²) in [5, 5.41) is 5.75. The van der Waals surface area contributed by atoms with E-state index in [1.165, 1.54) is 11.0 Å². The largest absolute Gasteiger partial charge is 0.482 e. The number of ether oxygens (including phenoxy) is 1. The van der Waals surface area contributed by atoms with Crippen LogP contribution in [0.15, 0.2) is 48.7 Å². The third kappa shape index (κ3) is 4.70. The Bertz CT molecular complexity index is 1300. The monoisotopic (exact) mass is 458 g/mol. The molecule has 0 saturated heterocycles. The Balaban J connectivity index is 1.59. The van der Waals surface area contributed by atoms with Crippen molar-refractivity contribution in [3.05, 3.63) is 54.5 Å². The van der Waals surface area contributed by atoms with Crippen molar-refractivity contribution < 1.29 is 22.3 Å². The van der Waals surface area contributed by atoms with Crippen molar-refractivity contribution >= 4 is 50.4 Å². The van der Waals surface area contributed by atoms with E-state index in [0.717, 1.165) is 12.5 Å². The lowest BCUT2D eigenvalue weighted by atomic mass is 10.2. The summed E-state index contributed by atoms with van der Waals surface area (Å²) >= 11 is 0. The number of amides is 1. The van der Waals surface area contributed by atoms with Gasteiger partial charge in [0, 0.05) is 12.7 Å².